The van der Waals surface area contributed by atoms with E-state index >= 15 is 0 Å². The number of hydrogen-bond donors (Lipinski definition) is 1. The highest BCUT2D eigenvalue weighted by molar-refractivity contribution is 5.90. The van der Waals surface area contributed by atoms with Gasteiger partial charge >= 0.3 is 12.1 Å². The van der Waals surface area contributed by atoms with E-state index in [-0.39, 0.29) is 19.0 Å². The topological polar surface area (TPSA) is 55.8 Å². The van der Waals surface area contributed by atoms with Gasteiger partial charge in [-0.2, -0.15) is 13.2 Å². The Kier molecular flexibility index (Phi) is 5.82. The molecule has 20 heavy (non-hydrogen) atoms. The lowest BCUT2D eigenvalue weighted by Gasteiger charge is -2.12. The van der Waals surface area contributed by atoms with E-state index in [9.17, 15) is 18.0 Å². The number of aromatic carboxylic acids is 1. The van der Waals surface area contributed by atoms with Crippen LogP contribution in [0.5, 0.6) is 5.75 Å². The van der Waals surface area contributed by atoms with Crippen molar-refractivity contribution in [2.45, 2.75) is 19.5 Å². The first kappa shape index (κ1) is 16.3. The molecule has 0 bridgehead atoms. The van der Waals surface area contributed by atoms with Crippen LogP contribution < -0.4 is 4.74 Å². The third kappa shape index (κ3) is 4.73. The highest BCUT2D eigenvalue weighted by atomic mass is 19.4. The zero-order valence-electron chi connectivity index (χ0n) is 10.9. The second-order valence-corrected chi connectivity index (χ2v) is 3.97. The summed E-state index contributed by atoms with van der Waals surface area (Å²) in [4.78, 5) is 10.9. The number of carboxylic acids is 1. The molecule has 0 spiro atoms. The van der Waals surface area contributed by atoms with Crippen LogP contribution in [0.1, 0.15) is 29.3 Å². The predicted octanol–water partition coefficient (Wildman–Crippen LogP) is 3.21. The van der Waals surface area contributed by atoms with Crippen LogP contribution >= 0.6 is 0 Å². The molecule has 1 rings (SSSR count). The van der Waals surface area contributed by atoms with E-state index in [1.165, 1.54) is 0 Å². The van der Waals surface area contributed by atoms with E-state index in [1.807, 2.05) is 6.92 Å². The third-order valence-electron chi connectivity index (χ3n) is 2.37. The Hall–Kier alpha value is -1.76. The van der Waals surface area contributed by atoms with E-state index in [2.05, 4.69) is 0 Å². The molecular weight excluding hydrogens is 277 g/mol. The molecule has 0 saturated heterocycles. The number of hydrogen-bond acceptors (Lipinski definition) is 3. The SMILES string of the molecule is CCCOCCOc1ccc(C(F)(F)F)c(C(=O)O)c1. The quantitative estimate of drug-likeness (QED) is 0.784. The Balaban J connectivity index is 2.76. The minimum atomic E-state index is -4.71. The summed E-state index contributed by atoms with van der Waals surface area (Å²) in [6, 6.07) is 2.66. The first-order chi connectivity index (χ1) is 9.36. The number of rotatable bonds is 7. The van der Waals surface area contributed by atoms with Gasteiger partial charge < -0.3 is 14.6 Å². The molecule has 0 atom stereocenters. The lowest BCUT2D eigenvalue weighted by molar-refractivity contribution is -0.138. The molecule has 4 nitrogen and oxygen atoms in total. The molecule has 1 aromatic rings. The van der Waals surface area contributed by atoms with Gasteiger partial charge in [0.2, 0.25) is 0 Å². The predicted molar refractivity (Wildman–Crippen MR) is 65.0 cm³/mol. The monoisotopic (exact) mass is 292 g/mol. The maximum atomic E-state index is 12.6. The van der Waals surface area contributed by atoms with Crippen LogP contribution in [0.3, 0.4) is 0 Å². The molecule has 1 aromatic carbocycles. The average molecular weight is 292 g/mol. The van der Waals surface area contributed by atoms with Crippen LogP contribution in [0.2, 0.25) is 0 Å². The molecule has 0 heterocycles. The van der Waals surface area contributed by atoms with E-state index in [0.717, 1.165) is 18.6 Å². The van der Waals surface area contributed by atoms with E-state index in [0.29, 0.717) is 12.7 Å². The highest BCUT2D eigenvalue weighted by Gasteiger charge is 2.35. The van der Waals surface area contributed by atoms with Crippen LogP contribution in [0.25, 0.3) is 0 Å². The van der Waals surface area contributed by atoms with Gasteiger partial charge in [-0.3, -0.25) is 0 Å². The highest BCUT2D eigenvalue weighted by Crippen LogP contribution is 2.33. The maximum Gasteiger partial charge on any atom is 0.417 e. The molecule has 112 valence electrons. The first-order valence-corrected chi connectivity index (χ1v) is 6.01. The number of benzene rings is 1. The fourth-order valence-electron chi connectivity index (χ4n) is 1.50. The van der Waals surface area contributed by atoms with E-state index < -0.39 is 23.3 Å². The molecule has 0 unspecified atom stereocenters. The number of carboxylic acid groups (broad SMARTS) is 1. The van der Waals surface area contributed by atoms with Gasteiger partial charge in [0.1, 0.15) is 12.4 Å². The summed E-state index contributed by atoms with van der Waals surface area (Å²) in [6.07, 6.45) is -3.86. The Labute approximate surface area is 114 Å². The van der Waals surface area contributed by atoms with Crippen molar-refractivity contribution in [1.82, 2.24) is 0 Å². The second kappa shape index (κ2) is 7.14. The molecule has 0 radical (unpaired) electrons. The maximum absolute atomic E-state index is 12.6. The normalized spacial score (nSPS) is 11.4. The number of halogens is 3. The Morgan fingerprint density at radius 2 is 1.95 bits per heavy atom. The molecule has 0 fully saturated rings. The van der Waals surface area contributed by atoms with Crippen molar-refractivity contribution < 1.29 is 32.5 Å². The number of carbonyl (C=O) groups is 1. The molecule has 0 amide bonds. The minimum Gasteiger partial charge on any atom is -0.491 e. The summed E-state index contributed by atoms with van der Waals surface area (Å²) < 4.78 is 48.1. The molecule has 0 aromatic heterocycles. The first-order valence-electron chi connectivity index (χ1n) is 6.01. The van der Waals surface area contributed by atoms with Crippen molar-refractivity contribution >= 4 is 5.97 Å². The lowest BCUT2D eigenvalue weighted by Crippen LogP contribution is -2.13. The standard InChI is InChI=1S/C13H15F3O4/c1-2-5-19-6-7-20-9-3-4-11(13(14,15)16)10(8-9)12(17)18/h3-4,8H,2,5-7H2,1H3,(H,17,18). The van der Waals surface area contributed by atoms with Gasteiger partial charge in [0.15, 0.2) is 0 Å². The van der Waals surface area contributed by atoms with Gasteiger partial charge in [0.05, 0.1) is 17.7 Å². The summed E-state index contributed by atoms with van der Waals surface area (Å²) >= 11 is 0. The Morgan fingerprint density at radius 1 is 1.25 bits per heavy atom. The van der Waals surface area contributed by atoms with Crippen LogP contribution in [0, 0.1) is 0 Å². The smallest absolute Gasteiger partial charge is 0.417 e. The van der Waals surface area contributed by atoms with Crippen LogP contribution in [0.4, 0.5) is 13.2 Å². The largest absolute Gasteiger partial charge is 0.491 e. The van der Waals surface area contributed by atoms with Crippen LogP contribution in [-0.2, 0) is 10.9 Å². The van der Waals surface area contributed by atoms with Crippen molar-refractivity contribution in [1.29, 1.82) is 0 Å². The molecule has 1 N–H and O–H groups in total. The van der Waals surface area contributed by atoms with Crippen molar-refractivity contribution in [3.63, 3.8) is 0 Å². The van der Waals surface area contributed by atoms with Crippen molar-refractivity contribution in [2.24, 2.45) is 0 Å². The zero-order valence-corrected chi connectivity index (χ0v) is 10.9. The van der Waals surface area contributed by atoms with Gasteiger partial charge in [-0.05, 0) is 24.6 Å². The summed E-state index contributed by atoms with van der Waals surface area (Å²) in [6.45, 7) is 2.94. The van der Waals surface area contributed by atoms with Gasteiger partial charge in [-0.1, -0.05) is 6.92 Å². The van der Waals surface area contributed by atoms with Gasteiger partial charge in [0.25, 0.3) is 0 Å². The van der Waals surface area contributed by atoms with Gasteiger partial charge in [-0.25, -0.2) is 4.79 Å². The average Bonchev–Trinajstić information content (AvgIpc) is 2.37. The molecule has 0 aliphatic heterocycles. The molecule has 0 saturated carbocycles. The summed E-state index contributed by atoms with van der Waals surface area (Å²) in [5.41, 5.74) is -2.02. The van der Waals surface area contributed by atoms with Crippen molar-refractivity contribution in [3.05, 3.63) is 29.3 Å². The summed E-state index contributed by atoms with van der Waals surface area (Å²) in [7, 11) is 0. The third-order valence-corrected chi connectivity index (χ3v) is 2.37. The summed E-state index contributed by atoms with van der Waals surface area (Å²) in [5, 5.41) is 8.81. The van der Waals surface area contributed by atoms with E-state index in [1.54, 1.807) is 0 Å². The van der Waals surface area contributed by atoms with Crippen LogP contribution in [0.15, 0.2) is 18.2 Å². The molecule has 0 aliphatic carbocycles. The lowest BCUT2D eigenvalue weighted by atomic mass is 10.1. The van der Waals surface area contributed by atoms with Crippen LogP contribution in [-0.4, -0.2) is 30.9 Å². The van der Waals surface area contributed by atoms with Crippen molar-refractivity contribution in [2.75, 3.05) is 19.8 Å². The molecule has 7 heteroatoms. The Bertz CT molecular complexity index is 457. The number of ether oxygens (including phenoxy) is 2. The molecule has 0 aliphatic rings. The van der Waals surface area contributed by atoms with Crippen molar-refractivity contribution in [3.8, 4) is 5.75 Å². The zero-order chi connectivity index (χ0) is 15.2. The number of alkyl halides is 3. The van der Waals surface area contributed by atoms with Gasteiger partial charge in [-0.15, -0.1) is 0 Å². The van der Waals surface area contributed by atoms with Gasteiger partial charge in [0, 0.05) is 6.61 Å². The Morgan fingerprint density at radius 3 is 2.50 bits per heavy atom. The fraction of sp³-hybridized carbons (Fsp3) is 0.462. The minimum absolute atomic E-state index is 0.0653. The summed E-state index contributed by atoms with van der Waals surface area (Å²) in [5.74, 6) is -1.58. The fourth-order valence-corrected chi connectivity index (χ4v) is 1.50. The second-order valence-electron chi connectivity index (χ2n) is 3.97. The molecular formula is C13H15F3O4. The van der Waals surface area contributed by atoms with E-state index in [4.69, 9.17) is 14.6 Å².